The molecular formula is C16H21N3O2S. The minimum Gasteiger partial charge on any atom is -0.391 e. The van der Waals surface area contributed by atoms with Crippen LogP contribution >= 0.6 is 11.3 Å². The summed E-state index contributed by atoms with van der Waals surface area (Å²) in [5, 5.41) is 16.0. The molecule has 22 heavy (non-hydrogen) atoms. The largest absolute Gasteiger partial charge is 0.391 e. The Morgan fingerprint density at radius 3 is 2.91 bits per heavy atom. The SMILES string of the molecule is Cc1nc(-c2cc(C(=O)NC3CCCCC3O)n(C)c2)cs1. The summed E-state index contributed by atoms with van der Waals surface area (Å²) >= 11 is 1.60. The second kappa shape index (κ2) is 6.22. The number of carbonyl (C=O) groups is 1. The number of hydrogen-bond acceptors (Lipinski definition) is 4. The van der Waals surface area contributed by atoms with Gasteiger partial charge in [0.2, 0.25) is 0 Å². The summed E-state index contributed by atoms with van der Waals surface area (Å²) in [6, 6.07) is 1.72. The number of carbonyl (C=O) groups excluding carboxylic acids is 1. The van der Waals surface area contributed by atoms with Gasteiger partial charge in [0.15, 0.2) is 0 Å². The third-order valence-electron chi connectivity index (χ3n) is 4.20. The Balaban J connectivity index is 1.76. The molecule has 1 aliphatic carbocycles. The molecule has 0 radical (unpaired) electrons. The summed E-state index contributed by atoms with van der Waals surface area (Å²) in [5.41, 5.74) is 2.44. The van der Waals surface area contributed by atoms with Gasteiger partial charge in [0.1, 0.15) is 5.69 Å². The first-order valence-corrected chi connectivity index (χ1v) is 8.50. The molecule has 0 aliphatic heterocycles. The molecule has 0 aromatic carbocycles. The molecule has 2 N–H and O–H groups in total. The first-order valence-electron chi connectivity index (χ1n) is 7.62. The maximum Gasteiger partial charge on any atom is 0.268 e. The second-order valence-electron chi connectivity index (χ2n) is 5.91. The van der Waals surface area contributed by atoms with Crippen LogP contribution in [0.5, 0.6) is 0 Å². The van der Waals surface area contributed by atoms with Crippen LogP contribution in [0.2, 0.25) is 0 Å². The Kier molecular flexibility index (Phi) is 4.31. The van der Waals surface area contributed by atoms with Gasteiger partial charge in [-0.3, -0.25) is 4.79 Å². The highest BCUT2D eigenvalue weighted by Gasteiger charge is 2.25. The normalized spacial score (nSPS) is 21.8. The predicted molar refractivity (Wildman–Crippen MR) is 87.0 cm³/mol. The van der Waals surface area contributed by atoms with E-state index in [4.69, 9.17) is 0 Å². The molecule has 6 heteroatoms. The third-order valence-corrected chi connectivity index (χ3v) is 4.97. The molecule has 2 atom stereocenters. The molecule has 0 bridgehead atoms. The zero-order valence-corrected chi connectivity index (χ0v) is 13.7. The molecule has 1 aliphatic rings. The molecule has 1 saturated carbocycles. The highest BCUT2D eigenvalue weighted by atomic mass is 32.1. The molecule has 0 spiro atoms. The zero-order chi connectivity index (χ0) is 15.7. The average molecular weight is 319 g/mol. The molecule has 2 aromatic rings. The van der Waals surface area contributed by atoms with Crippen molar-refractivity contribution in [2.45, 2.75) is 44.8 Å². The molecule has 2 aromatic heterocycles. The van der Waals surface area contributed by atoms with Gasteiger partial charge in [0.25, 0.3) is 5.91 Å². The van der Waals surface area contributed by atoms with Crippen molar-refractivity contribution in [3.05, 3.63) is 28.3 Å². The van der Waals surface area contributed by atoms with E-state index in [2.05, 4.69) is 10.3 Å². The van der Waals surface area contributed by atoms with Gasteiger partial charge in [-0.15, -0.1) is 11.3 Å². The summed E-state index contributed by atoms with van der Waals surface area (Å²) in [6.45, 7) is 1.97. The fourth-order valence-corrected chi connectivity index (χ4v) is 3.57. The molecule has 1 amide bonds. The number of aromatic nitrogens is 2. The van der Waals surface area contributed by atoms with E-state index in [9.17, 15) is 9.90 Å². The highest BCUT2D eigenvalue weighted by molar-refractivity contribution is 7.09. The Labute approximate surface area is 134 Å². The van der Waals surface area contributed by atoms with E-state index < -0.39 is 6.10 Å². The molecule has 5 nitrogen and oxygen atoms in total. The molecule has 1 fully saturated rings. The summed E-state index contributed by atoms with van der Waals surface area (Å²) in [6.07, 6.45) is 5.18. The summed E-state index contributed by atoms with van der Waals surface area (Å²) < 4.78 is 1.81. The van der Waals surface area contributed by atoms with E-state index in [1.807, 2.05) is 36.2 Å². The van der Waals surface area contributed by atoms with Crippen molar-refractivity contribution in [3.63, 3.8) is 0 Å². The number of aliphatic hydroxyl groups excluding tert-OH is 1. The molecule has 118 valence electrons. The van der Waals surface area contributed by atoms with Crippen LogP contribution in [0.15, 0.2) is 17.6 Å². The monoisotopic (exact) mass is 319 g/mol. The zero-order valence-electron chi connectivity index (χ0n) is 12.9. The van der Waals surface area contributed by atoms with Crippen LogP contribution in [0.1, 0.15) is 41.2 Å². The number of amides is 1. The van der Waals surface area contributed by atoms with Crippen LogP contribution in [-0.4, -0.2) is 32.7 Å². The lowest BCUT2D eigenvalue weighted by Crippen LogP contribution is -2.45. The van der Waals surface area contributed by atoms with E-state index >= 15 is 0 Å². The molecule has 0 saturated heterocycles. The van der Waals surface area contributed by atoms with E-state index in [0.717, 1.165) is 41.9 Å². The van der Waals surface area contributed by atoms with Crippen molar-refractivity contribution in [1.82, 2.24) is 14.9 Å². The maximum atomic E-state index is 12.5. The van der Waals surface area contributed by atoms with Crippen molar-refractivity contribution < 1.29 is 9.90 Å². The van der Waals surface area contributed by atoms with Crippen LogP contribution < -0.4 is 5.32 Å². The Morgan fingerprint density at radius 1 is 1.45 bits per heavy atom. The number of nitrogens with one attached hydrogen (secondary N) is 1. The lowest BCUT2D eigenvalue weighted by atomic mass is 9.92. The van der Waals surface area contributed by atoms with E-state index in [1.54, 1.807) is 11.3 Å². The van der Waals surface area contributed by atoms with E-state index in [1.165, 1.54) is 0 Å². The van der Waals surface area contributed by atoms with Gasteiger partial charge in [-0.05, 0) is 25.8 Å². The Morgan fingerprint density at radius 2 is 2.23 bits per heavy atom. The van der Waals surface area contributed by atoms with Crippen LogP contribution in [-0.2, 0) is 7.05 Å². The van der Waals surface area contributed by atoms with Crippen LogP contribution in [0.4, 0.5) is 0 Å². The number of rotatable bonds is 3. The number of nitrogens with zero attached hydrogens (tertiary/aromatic N) is 2. The summed E-state index contributed by atoms with van der Waals surface area (Å²) in [4.78, 5) is 16.9. The van der Waals surface area contributed by atoms with Crippen LogP contribution in [0.3, 0.4) is 0 Å². The summed E-state index contributed by atoms with van der Waals surface area (Å²) in [7, 11) is 1.86. The molecule has 3 rings (SSSR count). The minimum atomic E-state index is -0.432. The quantitative estimate of drug-likeness (QED) is 0.913. The van der Waals surface area contributed by atoms with Gasteiger partial charge in [-0.2, -0.15) is 0 Å². The van der Waals surface area contributed by atoms with Gasteiger partial charge < -0.3 is 15.0 Å². The Bertz CT molecular complexity index is 677. The second-order valence-corrected chi connectivity index (χ2v) is 6.97. The van der Waals surface area contributed by atoms with Crippen LogP contribution in [0.25, 0.3) is 11.3 Å². The molecule has 2 unspecified atom stereocenters. The number of thiazole rings is 1. The van der Waals surface area contributed by atoms with Crippen molar-refractivity contribution in [1.29, 1.82) is 0 Å². The van der Waals surface area contributed by atoms with Gasteiger partial charge in [-0.1, -0.05) is 12.8 Å². The fourth-order valence-electron chi connectivity index (χ4n) is 2.95. The molecule has 2 heterocycles. The predicted octanol–water partition coefficient (Wildman–Crippen LogP) is 2.49. The lowest BCUT2D eigenvalue weighted by Gasteiger charge is -2.28. The average Bonchev–Trinajstić information content (AvgIpc) is 3.07. The van der Waals surface area contributed by atoms with Gasteiger partial charge >= 0.3 is 0 Å². The number of hydrogen-bond donors (Lipinski definition) is 2. The smallest absolute Gasteiger partial charge is 0.268 e. The van der Waals surface area contributed by atoms with Crippen molar-refractivity contribution >= 4 is 17.2 Å². The van der Waals surface area contributed by atoms with Crippen LogP contribution in [0, 0.1) is 6.92 Å². The first kappa shape index (κ1) is 15.2. The van der Waals surface area contributed by atoms with Gasteiger partial charge in [0, 0.05) is 24.2 Å². The third kappa shape index (κ3) is 3.08. The summed E-state index contributed by atoms with van der Waals surface area (Å²) in [5.74, 6) is -0.133. The van der Waals surface area contributed by atoms with Gasteiger partial charge in [0.05, 0.1) is 22.8 Å². The van der Waals surface area contributed by atoms with E-state index in [-0.39, 0.29) is 11.9 Å². The Hall–Kier alpha value is -1.66. The highest BCUT2D eigenvalue weighted by Crippen LogP contribution is 2.24. The van der Waals surface area contributed by atoms with Crippen molar-refractivity contribution in [2.75, 3.05) is 0 Å². The fraction of sp³-hybridized carbons (Fsp3) is 0.500. The lowest BCUT2D eigenvalue weighted by molar-refractivity contribution is 0.0711. The standard InChI is InChI=1S/C16H21N3O2S/c1-10-17-13(9-22-10)11-7-14(19(2)8-11)16(21)18-12-5-3-4-6-15(12)20/h7-9,12,15,20H,3-6H2,1-2H3,(H,18,21). The van der Waals surface area contributed by atoms with Gasteiger partial charge in [-0.25, -0.2) is 4.98 Å². The minimum absolute atomic E-state index is 0.133. The van der Waals surface area contributed by atoms with Crippen molar-refractivity contribution in [3.8, 4) is 11.3 Å². The maximum absolute atomic E-state index is 12.5. The topological polar surface area (TPSA) is 67.2 Å². The molecular weight excluding hydrogens is 298 g/mol. The van der Waals surface area contributed by atoms with Crippen molar-refractivity contribution in [2.24, 2.45) is 7.05 Å². The number of aliphatic hydroxyl groups is 1. The van der Waals surface area contributed by atoms with E-state index in [0.29, 0.717) is 5.69 Å². The first-order chi connectivity index (χ1) is 10.5. The number of aryl methyl sites for hydroxylation is 2.